The molecule has 0 aliphatic rings. The number of carbonyl (C=O) groups excluding carboxylic acids is 1. The zero-order valence-electron chi connectivity index (χ0n) is 9.47. The zero-order chi connectivity index (χ0) is 13.9. The Morgan fingerprint density at radius 1 is 1.22 bits per heavy atom. The lowest BCUT2D eigenvalue weighted by Crippen LogP contribution is -2.14. The monoisotopic (exact) mass is 253 g/mol. The molecule has 0 spiro atoms. The molecular weight excluding hydrogens is 242 g/mol. The third-order valence-electron chi connectivity index (χ3n) is 2.12. The van der Waals surface area contributed by atoms with E-state index in [4.69, 9.17) is 15.9 Å². The summed E-state index contributed by atoms with van der Waals surface area (Å²) in [5.74, 6) is -3.71. The standard InChI is InChI=1S/C11H11NO6/c1-2-18-11(17)5-3-6(9(13)14)8(10(15)16)7(12)4-5/h3-4H,2,12H2,1H3,(H,13,14)(H,15,16). The van der Waals surface area contributed by atoms with Gasteiger partial charge in [0.2, 0.25) is 0 Å². The third-order valence-corrected chi connectivity index (χ3v) is 2.12. The number of ether oxygens (including phenoxy) is 1. The van der Waals surface area contributed by atoms with E-state index in [9.17, 15) is 14.4 Å². The van der Waals surface area contributed by atoms with Crippen molar-refractivity contribution < 1.29 is 29.3 Å². The van der Waals surface area contributed by atoms with Gasteiger partial charge in [-0.25, -0.2) is 14.4 Å². The summed E-state index contributed by atoms with van der Waals surface area (Å²) in [6.07, 6.45) is 0. The molecule has 1 aromatic rings. The number of carboxylic acids is 2. The van der Waals surface area contributed by atoms with Crippen LogP contribution in [-0.2, 0) is 4.74 Å². The van der Waals surface area contributed by atoms with Gasteiger partial charge >= 0.3 is 17.9 Å². The van der Waals surface area contributed by atoms with Gasteiger partial charge in [0.05, 0.1) is 23.3 Å². The van der Waals surface area contributed by atoms with Crippen molar-refractivity contribution in [1.29, 1.82) is 0 Å². The quantitative estimate of drug-likeness (QED) is 0.535. The van der Waals surface area contributed by atoms with Crippen molar-refractivity contribution in [2.45, 2.75) is 6.92 Å². The Kier molecular flexibility index (Phi) is 3.88. The number of nitrogen functional groups attached to an aromatic ring is 1. The topological polar surface area (TPSA) is 127 Å². The lowest BCUT2D eigenvalue weighted by molar-refractivity contribution is 0.0525. The van der Waals surface area contributed by atoms with Crippen LogP contribution in [0.15, 0.2) is 12.1 Å². The summed E-state index contributed by atoms with van der Waals surface area (Å²) >= 11 is 0. The van der Waals surface area contributed by atoms with Gasteiger partial charge in [0.1, 0.15) is 0 Å². The van der Waals surface area contributed by atoms with Crippen LogP contribution in [0, 0.1) is 0 Å². The second-order valence-electron chi connectivity index (χ2n) is 3.32. The first-order valence-electron chi connectivity index (χ1n) is 4.95. The highest BCUT2D eigenvalue weighted by molar-refractivity contribution is 6.07. The molecule has 0 heterocycles. The fourth-order valence-corrected chi connectivity index (χ4v) is 1.40. The van der Waals surface area contributed by atoms with Crippen LogP contribution in [0.25, 0.3) is 0 Å². The first-order valence-corrected chi connectivity index (χ1v) is 4.95. The molecule has 0 aliphatic heterocycles. The van der Waals surface area contributed by atoms with Crippen LogP contribution >= 0.6 is 0 Å². The van der Waals surface area contributed by atoms with Crippen LogP contribution < -0.4 is 5.73 Å². The Labute approximate surface area is 102 Å². The van der Waals surface area contributed by atoms with Crippen molar-refractivity contribution in [1.82, 2.24) is 0 Å². The largest absolute Gasteiger partial charge is 0.478 e. The highest BCUT2D eigenvalue weighted by Crippen LogP contribution is 2.21. The molecule has 18 heavy (non-hydrogen) atoms. The van der Waals surface area contributed by atoms with E-state index in [1.54, 1.807) is 6.92 Å². The molecule has 0 amide bonds. The molecule has 0 fully saturated rings. The molecule has 7 nitrogen and oxygen atoms in total. The first kappa shape index (κ1) is 13.5. The molecule has 0 aliphatic carbocycles. The Morgan fingerprint density at radius 3 is 2.28 bits per heavy atom. The number of hydrogen-bond acceptors (Lipinski definition) is 5. The van der Waals surface area contributed by atoms with E-state index < -0.39 is 29.0 Å². The van der Waals surface area contributed by atoms with E-state index in [1.165, 1.54) is 0 Å². The van der Waals surface area contributed by atoms with Crippen LogP contribution in [0.1, 0.15) is 38.0 Å². The van der Waals surface area contributed by atoms with Crippen molar-refractivity contribution in [3.05, 3.63) is 28.8 Å². The predicted octanol–water partition coefficient (Wildman–Crippen LogP) is 0.842. The number of anilines is 1. The average molecular weight is 253 g/mol. The number of rotatable bonds is 4. The number of hydrogen-bond donors (Lipinski definition) is 3. The van der Waals surface area contributed by atoms with Crippen molar-refractivity contribution in [2.75, 3.05) is 12.3 Å². The van der Waals surface area contributed by atoms with Gasteiger partial charge in [-0.1, -0.05) is 0 Å². The van der Waals surface area contributed by atoms with Crippen LogP contribution in [0.5, 0.6) is 0 Å². The molecule has 1 aromatic carbocycles. The Morgan fingerprint density at radius 2 is 1.83 bits per heavy atom. The Hall–Kier alpha value is -2.57. The molecule has 0 aromatic heterocycles. The SMILES string of the molecule is CCOC(=O)c1cc(N)c(C(=O)O)c(C(=O)O)c1. The fraction of sp³-hybridized carbons (Fsp3) is 0.182. The summed E-state index contributed by atoms with van der Waals surface area (Å²) in [5, 5.41) is 17.8. The maximum absolute atomic E-state index is 11.4. The highest BCUT2D eigenvalue weighted by Gasteiger charge is 2.22. The third kappa shape index (κ3) is 2.57. The lowest BCUT2D eigenvalue weighted by atomic mass is 10.0. The van der Waals surface area contributed by atoms with E-state index in [0.717, 1.165) is 12.1 Å². The van der Waals surface area contributed by atoms with Crippen LogP contribution in [0.4, 0.5) is 5.69 Å². The fourth-order valence-electron chi connectivity index (χ4n) is 1.40. The number of carboxylic acid groups (broad SMARTS) is 2. The van der Waals surface area contributed by atoms with Crippen molar-refractivity contribution >= 4 is 23.6 Å². The number of benzene rings is 1. The molecule has 0 radical (unpaired) electrons. The Bertz CT molecular complexity index is 523. The summed E-state index contributed by atoms with van der Waals surface area (Å²) in [7, 11) is 0. The molecule has 96 valence electrons. The van der Waals surface area contributed by atoms with Gasteiger partial charge in [0, 0.05) is 5.69 Å². The van der Waals surface area contributed by atoms with Crippen LogP contribution in [-0.4, -0.2) is 34.7 Å². The van der Waals surface area contributed by atoms with E-state index in [0.29, 0.717) is 0 Å². The van der Waals surface area contributed by atoms with Crippen molar-refractivity contribution in [2.24, 2.45) is 0 Å². The van der Waals surface area contributed by atoms with Gasteiger partial charge in [-0.3, -0.25) is 0 Å². The minimum absolute atomic E-state index is 0.100. The van der Waals surface area contributed by atoms with E-state index in [2.05, 4.69) is 4.74 Å². The smallest absolute Gasteiger partial charge is 0.338 e. The maximum atomic E-state index is 11.4. The molecule has 7 heteroatoms. The summed E-state index contributed by atoms with van der Waals surface area (Å²) in [5.41, 5.74) is 3.95. The van der Waals surface area contributed by atoms with E-state index in [-0.39, 0.29) is 17.9 Å². The summed E-state index contributed by atoms with van der Waals surface area (Å²) in [6, 6.07) is 2.01. The van der Waals surface area contributed by atoms with E-state index >= 15 is 0 Å². The van der Waals surface area contributed by atoms with Gasteiger partial charge in [0.25, 0.3) is 0 Å². The second kappa shape index (κ2) is 5.17. The van der Waals surface area contributed by atoms with Crippen molar-refractivity contribution in [3.8, 4) is 0 Å². The van der Waals surface area contributed by atoms with Gasteiger partial charge in [-0.15, -0.1) is 0 Å². The number of carbonyl (C=O) groups is 3. The maximum Gasteiger partial charge on any atom is 0.338 e. The molecule has 0 atom stereocenters. The second-order valence-corrected chi connectivity index (χ2v) is 3.32. The summed E-state index contributed by atoms with van der Waals surface area (Å²) in [4.78, 5) is 33.3. The Balaban J connectivity index is 3.41. The lowest BCUT2D eigenvalue weighted by Gasteiger charge is -2.08. The number of aromatic carboxylic acids is 2. The summed E-state index contributed by atoms with van der Waals surface area (Å²) < 4.78 is 4.68. The normalized spacial score (nSPS) is 9.83. The molecule has 0 bridgehead atoms. The predicted molar refractivity (Wildman–Crippen MR) is 60.7 cm³/mol. The molecule has 4 N–H and O–H groups in total. The van der Waals surface area contributed by atoms with Gasteiger partial charge in [-0.2, -0.15) is 0 Å². The number of esters is 1. The summed E-state index contributed by atoms with van der Waals surface area (Å²) in [6.45, 7) is 1.70. The van der Waals surface area contributed by atoms with Gasteiger partial charge < -0.3 is 20.7 Å². The van der Waals surface area contributed by atoms with E-state index in [1.807, 2.05) is 0 Å². The van der Waals surface area contributed by atoms with Gasteiger partial charge in [0.15, 0.2) is 0 Å². The molecule has 1 rings (SSSR count). The molecular formula is C11H11NO6. The minimum atomic E-state index is -1.48. The number of nitrogens with two attached hydrogens (primary N) is 1. The minimum Gasteiger partial charge on any atom is -0.478 e. The molecule has 0 saturated carbocycles. The van der Waals surface area contributed by atoms with Gasteiger partial charge in [-0.05, 0) is 19.1 Å². The van der Waals surface area contributed by atoms with Crippen LogP contribution in [0.2, 0.25) is 0 Å². The highest BCUT2D eigenvalue weighted by atomic mass is 16.5. The first-order chi connectivity index (χ1) is 8.38. The molecule has 0 saturated heterocycles. The van der Waals surface area contributed by atoms with Crippen molar-refractivity contribution in [3.63, 3.8) is 0 Å². The van der Waals surface area contributed by atoms with Crippen LogP contribution in [0.3, 0.4) is 0 Å². The zero-order valence-corrected chi connectivity index (χ0v) is 9.47. The average Bonchev–Trinajstić information content (AvgIpc) is 2.27. The molecule has 0 unspecified atom stereocenters.